The van der Waals surface area contributed by atoms with Gasteiger partial charge in [-0.3, -0.25) is 14.3 Å². The maximum Gasteiger partial charge on any atom is 0.262 e. The molecule has 0 atom stereocenters. The maximum absolute atomic E-state index is 12.4. The summed E-state index contributed by atoms with van der Waals surface area (Å²) in [6.45, 7) is 0.958. The van der Waals surface area contributed by atoms with Crippen molar-refractivity contribution in [2.75, 3.05) is 7.11 Å². The van der Waals surface area contributed by atoms with Crippen molar-refractivity contribution in [2.24, 2.45) is 0 Å². The lowest BCUT2D eigenvalue weighted by molar-refractivity contribution is 0.0950. The van der Waals surface area contributed by atoms with Gasteiger partial charge in [0, 0.05) is 24.5 Å². The molecule has 2 aromatic carbocycles. The van der Waals surface area contributed by atoms with E-state index in [1.165, 1.54) is 31.4 Å². The quantitative estimate of drug-likeness (QED) is 0.561. The summed E-state index contributed by atoms with van der Waals surface area (Å²) in [7, 11) is -2.54. The predicted molar refractivity (Wildman–Crippen MR) is 103 cm³/mol. The molecule has 146 valence electrons. The Hall–Kier alpha value is -3.01. The van der Waals surface area contributed by atoms with Crippen LogP contribution in [-0.4, -0.2) is 31.2 Å². The normalized spacial score (nSPS) is 11.3. The molecule has 1 heterocycles. The summed E-state index contributed by atoms with van der Waals surface area (Å²) < 4.78 is 25.5. The molecular formula is C19H20N4O4S. The van der Waals surface area contributed by atoms with E-state index in [1.54, 1.807) is 6.20 Å². The average Bonchev–Trinajstić information content (AvgIpc) is 3.20. The Morgan fingerprint density at radius 1 is 1.07 bits per heavy atom. The molecule has 0 spiro atoms. The van der Waals surface area contributed by atoms with E-state index in [9.17, 15) is 13.2 Å². The van der Waals surface area contributed by atoms with Crippen molar-refractivity contribution in [3.63, 3.8) is 0 Å². The van der Waals surface area contributed by atoms with Crippen molar-refractivity contribution in [2.45, 2.75) is 18.0 Å². The minimum absolute atomic E-state index is 0.00969. The molecular weight excluding hydrogens is 380 g/mol. The molecule has 0 bridgehead atoms. The molecule has 3 aromatic rings. The van der Waals surface area contributed by atoms with E-state index in [4.69, 9.17) is 0 Å². The second-order valence-corrected chi connectivity index (χ2v) is 7.62. The number of hydrogen-bond acceptors (Lipinski definition) is 5. The van der Waals surface area contributed by atoms with Gasteiger partial charge in [-0.1, -0.05) is 29.2 Å². The number of nitrogens with zero attached hydrogens (tertiary/aromatic N) is 2. The van der Waals surface area contributed by atoms with Crippen LogP contribution in [0.2, 0.25) is 0 Å². The summed E-state index contributed by atoms with van der Waals surface area (Å²) in [5.41, 5.74) is 2.40. The first kappa shape index (κ1) is 19.7. The number of sulfonamides is 1. The van der Waals surface area contributed by atoms with Crippen LogP contribution in [0.25, 0.3) is 0 Å². The molecule has 0 unspecified atom stereocenters. The fourth-order valence-electron chi connectivity index (χ4n) is 2.67. The molecule has 0 aliphatic carbocycles. The van der Waals surface area contributed by atoms with E-state index in [2.05, 4.69) is 15.3 Å². The van der Waals surface area contributed by atoms with Crippen molar-refractivity contribution in [3.05, 3.63) is 83.7 Å². The first-order chi connectivity index (χ1) is 13.5. The van der Waals surface area contributed by atoms with Crippen molar-refractivity contribution in [1.82, 2.24) is 20.0 Å². The van der Waals surface area contributed by atoms with Crippen LogP contribution in [-0.2, 0) is 28.0 Å². The number of benzene rings is 2. The summed E-state index contributed by atoms with van der Waals surface area (Å²) in [6, 6.07) is 15.3. The zero-order chi connectivity index (χ0) is 20.0. The Labute approximate surface area is 163 Å². The van der Waals surface area contributed by atoms with Gasteiger partial charge in [-0.25, -0.2) is 8.42 Å². The molecule has 0 fully saturated rings. The van der Waals surface area contributed by atoms with Crippen LogP contribution >= 0.6 is 0 Å². The third-order valence-corrected chi connectivity index (χ3v) is 5.35. The van der Waals surface area contributed by atoms with Crippen LogP contribution in [0.3, 0.4) is 0 Å². The number of rotatable bonds is 8. The highest BCUT2D eigenvalue weighted by molar-refractivity contribution is 7.89. The second-order valence-electron chi connectivity index (χ2n) is 5.97. The fourth-order valence-corrected chi connectivity index (χ4v) is 3.48. The van der Waals surface area contributed by atoms with Gasteiger partial charge in [-0.15, -0.1) is 0 Å². The average molecular weight is 400 g/mol. The highest BCUT2D eigenvalue weighted by atomic mass is 32.2. The van der Waals surface area contributed by atoms with E-state index in [0.717, 1.165) is 11.1 Å². The monoisotopic (exact) mass is 400 g/mol. The van der Waals surface area contributed by atoms with Gasteiger partial charge >= 0.3 is 0 Å². The number of carbonyl (C=O) groups excluding carboxylic acids is 1. The number of carbonyl (C=O) groups is 1. The van der Waals surface area contributed by atoms with E-state index in [1.807, 2.05) is 46.1 Å². The van der Waals surface area contributed by atoms with Gasteiger partial charge < -0.3 is 5.32 Å². The highest BCUT2D eigenvalue weighted by Crippen LogP contribution is 2.13. The lowest BCUT2D eigenvalue weighted by Crippen LogP contribution is -2.24. The van der Waals surface area contributed by atoms with Crippen LogP contribution < -0.4 is 10.2 Å². The third kappa shape index (κ3) is 4.83. The smallest absolute Gasteiger partial charge is 0.262 e. The Kier molecular flexibility index (Phi) is 6.19. The van der Waals surface area contributed by atoms with Gasteiger partial charge in [0.15, 0.2) is 0 Å². The first-order valence-corrected chi connectivity index (χ1v) is 9.95. The largest absolute Gasteiger partial charge is 0.348 e. The predicted octanol–water partition coefficient (Wildman–Crippen LogP) is 1.70. The van der Waals surface area contributed by atoms with Crippen LogP contribution in [0.4, 0.5) is 0 Å². The molecule has 2 N–H and O–H groups in total. The van der Waals surface area contributed by atoms with Crippen molar-refractivity contribution >= 4 is 15.9 Å². The summed E-state index contributed by atoms with van der Waals surface area (Å²) in [5.74, 6) is -0.294. The summed E-state index contributed by atoms with van der Waals surface area (Å²) >= 11 is 0. The molecule has 8 nitrogen and oxygen atoms in total. The number of amides is 1. The van der Waals surface area contributed by atoms with E-state index >= 15 is 0 Å². The van der Waals surface area contributed by atoms with E-state index in [0.29, 0.717) is 18.7 Å². The second kappa shape index (κ2) is 8.79. The van der Waals surface area contributed by atoms with Gasteiger partial charge in [0.2, 0.25) is 0 Å². The molecule has 0 aliphatic heterocycles. The maximum atomic E-state index is 12.4. The van der Waals surface area contributed by atoms with Crippen LogP contribution in [0.5, 0.6) is 0 Å². The van der Waals surface area contributed by atoms with Crippen molar-refractivity contribution in [3.8, 4) is 0 Å². The zero-order valence-corrected chi connectivity index (χ0v) is 16.0. The van der Waals surface area contributed by atoms with Gasteiger partial charge in [-0.2, -0.15) is 5.10 Å². The Morgan fingerprint density at radius 3 is 2.43 bits per heavy atom. The summed E-state index contributed by atoms with van der Waals surface area (Å²) in [6.07, 6.45) is 3.60. The standard InChI is InChI=1S/C19H20N4O4S/c1-27-22-28(25,26)18-9-7-15(8-10-18)19(24)20-13-16-5-2-3-6-17(16)14-23-12-4-11-21-23/h2-12,22H,13-14H2,1H3,(H,20,24). The third-order valence-electron chi connectivity index (χ3n) is 4.07. The fraction of sp³-hybridized carbons (Fsp3) is 0.158. The van der Waals surface area contributed by atoms with Crippen LogP contribution in [0, 0.1) is 0 Å². The first-order valence-electron chi connectivity index (χ1n) is 8.47. The Morgan fingerprint density at radius 2 is 1.79 bits per heavy atom. The lowest BCUT2D eigenvalue weighted by Gasteiger charge is -2.11. The molecule has 9 heteroatoms. The SMILES string of the molecule is CONS(=O)(=O)c1ccc(C(=O)NCc2ccccc2Cn2cccn2)cc1. The topological polar surface area (TPSA) is 102 Å². The van der Waals surface area contributed by atoms with Crippen LogP contribution in [0.1, 0.15) is 21.5 Å². The zero-order valence-electron chi connectivity index (χ0n) is 15.2. The van der Waals surface area contributed by atoms with Gasteiger partial charge in [-0.05, 0) is 41.5 Å². The molecule has 0 radical (unpaired) electrons. The van der Waals surface area contributed by atoms with E-state index < -0.39 is 10.0 Å². The lowest BCUT2D eigenvalue weighted by atomic mass is 10.1. The van der Waals surface area contributed by atoms with Crippen molar-refractivity contribution < 1.29 is 18.0 Å². The Balaban J connectivity index is 1.66. The molecule has 0 aliphatic rings. The van der Waals surface area contributed by atoms with E-state index in [-0.39, 0.29) is 10.8 Å². The van der Waals surface area contributed by atoms with Gasteiger partial charge in [0.05, 0.1) is 18.6 Å². The number of nitrogens with one attached hydrogen (secondary N) is 2. The number of aromatic nitrogens is 2. The molecule has 0 saturated carbocycles. The minimum Gasteiger partial charge on any atom is -0.348 e. The summed E-state index contributed by atoms with van der Waals surface area (Å²) in [4.78, 5) is 18.8. The number of hydrogen-bond donors (Lipinski definition) is 2. The minimum atomic E-state index is -3.75. The highest BCUT2D eigenvalue weighted by Gasteiger charge is 2.14. The van der Waals surface area contributed by atoms with Crippen LogP contribution in [0.15, 0.2) is 71.9 Å². The van der Waals surface area contributed by atoms with Gasteiger partial charge in [0.1, 0.15) is 0 Å². The molecule has 28 heavy (non-hydrogen) atoms. The van der Waals surface area contributed by atoms with Crippen molar-refractivity contribution in [1.29, 1.82) is 0 Å². The Bertz CT molecular complexity index is 1030. The van der Waals surface area contributed by atoms with Gasteiger partial charge in [0.25, 0.3) is 15.9 Å². The molecule has 3 rings (SSSR count). The summed E-state index contributed by atoms with van der Waals surface area (Å²) in [5, 5.41) is 7.06. The molecule has 1 amide bonds. The molecule has 1 aromatic heterocycles. The molecule has 0 saturated heterocycles.